The molecular formula is C23H17ClN2OS. The number of benzene rings is 3. The zero-order chi connectivity index (χ0) is 19.5. The highest BCUT2D eigenvalue weighted by Crippen LogP contribution is 2.33. The van der Waals surface area contributed by atoms with Crippen molar-refractivity contribution in [2.75, 3.05) is 7.05 Å². The van der Waals surface area contributed by atoms with Gasteiger partial charge in [-0.2, -0.15) is 0 Å². The van der Waals surface area contributed by atoms with E-state index in [9.17, 15) is 4.79 Å². The molecule has 3 aromatic carbocycles. The van der Waals surface area contributed by atoms with Gasteiger partial charge in [0, 0.05) is 12.1 Å². The first-order valence-corrected chi connectivity index (χ1v) is 9.97. The van der Waals surface area contributed by atoms with Crippen LogP contribution in [0.25, 0.3) is 17.2 Å². The Hall–Kier alpha value is -2.82. The van der Waals surface area contributed by atoms with E-state index in [-0.39, 0.29) is 5.91 Å². The van der Waals surface area contributed by atoms with E-state index in [1.54, 1.807) is 24.1 Å². The Balaban J connectivity index is 1.62. The van der Waals surface area contributed by atoms with Crippen LogP contribution in [0.3, 0.4) is 0 Å². The quantitative estimate of drug-likeness (QED) is 0.484. The molecule has 1 saturated heterocycles. The van der Waals surface area contributed by atoms with Crippen molar-refractivity contribution in [3.05, 3.63) is 94.4 Å². The van der Waals surface area contributed by atoms with Gasteiger partial charge in [0.05, 0.1) is 10.6 Å². The van der Waals surface area contributed by atoms with Crippen molar-refractivity contribution in [2.45, 2.75) is 0 Å². The van der Waals surface area contributed by atoms with Crippen LogP contribution in [0.1, 0.15) is 5.56 Å². The molecule has 1 heterocycles. The fourth-order valence-electron chi connectivity index (χ4n) is 2.87. The molecule has 5 heteroatoms. The van der Waals surface area contributed by atoms with Gasteiger partial charge in [0.25, 0.3) is 5.91 Å². The van der Waals surface area contributed by atoms with E-state index >= 15 is 0 Å². The zero-order valence-electron chi connectivity index (χ0n) is 15.2. The van der Waals surface area contributed by atoms with Crippen molar-refractivity contribution < 1.29 is 4.79 Å². The molecule has 0 aliphatic carbocycles. The van der Waals surface area contributed by atoms with E-state index < -0.39 is 0 Å². The van der Waals surface area contributed by atoms with E-state index in [1.165, 1.54) is 11.8 Å². The molecule has 1 fully saturated rings. The minimum atomic E-state index is -0.0529. The topological polar surface area (TPSA) is 32.7 Å². The molecule has 1 amide bonds. The van der Waals surface area contributed by atoms with Crippen molar-refractivity contribution in [1.29, 1.82) is 0 Å². The first-order valence-electron chi connectivity index (χ1n) is 8.77. The summed E-state index contributed by atoms with van der Waals surface area (Å²) in [4.78, 5) is 19.5. The van der Waals surface area contributed by atoms with Gasteiger partial charge in [-0.1, -0.05) is 60.1 Å². The third-order valence-electron chi connectivity index (χ3n) is 4.35. The van der Waals surface area contributed by atoms with Gasteiger partial charge in [-0.15, -0.1) is 0 Å². The molecule has 1 aliphatic heterocycles. The van der Waals surface area contributed by atoms with Crippen molar-refractivity contribution in [3.63, 3.8) is 0 Å². The molecular weight excluding hydrogens is 388 g/mol. The predicted octanol–water partition coefficient (Wildman–Crippen LogP) is 6.24. The van der Waals surface area contributed by atoms with E-state index in [0.29, 0.717) is 15.1 Å². The summed E-state index contributed by atoms with van der Waals surface area (Å²) in [6, 6.07) is 25.6. The van der Waals surface area contributed by atoms with Crippen LogP contribution in [0, 0.1) is 0 Å². The maximum Gasteiger partial charge on any atom is 0.266 e. The highest BCUT2D eigenvalue weighted by molar-refractivity contribution is 8.18. The normalized spacial score (nSPS) is 16.9. The Morgan fingerprint density at radius 3 is 2.39 bits per heavy atom. The number of carbonyl (C=O) groups excluding carboxylic acids is 1. The number of thioether (sulfide) groups is 1. The van der Waals surface area contributed by atoms with E-state index in [2.05, 4.69) is 29.3 Å². The van der Waals surface area contributed by atoms with Crippen molar-refractivity contribution in [1.82, 2.24) is 4.90 Å². The van der Waals surface area contributed by atoms with Gasteiger partial charge in [-0.05, 0) is 64.9 Å². The number of hydrogen-bond donors (Lipinski definition) is 0. The van der Waals surface area contributed by atoms with Crippen LogP contribution >= 0.6 is 23.4 Å². The summed E-state index contributed by atoms with van der Waals surface area (Å²) in [5, 5.41) is 1.31. The largest absolute Gasteiger partial charge is 0.290 e. The smallest absolute Gasteiger partial charge is 0.266 e. The molecule has 0 saturated carbocycles. The number of halogens is 1. The summed E-state index contributed by atoms with van der Waals surface area (Å²) in [6.07, 6.45) is 1.92. The van der Waals surface area contributed by atoms with E-state index in [4.69, 9.17) is 11.6 Å². The molecule has 28 heavy (non-hydrogen) atoms. The molecule has 4 rings (SSSR count). The second-order valence-corrected chi connectivity index (χ2v) is 7.78. The van der Waals surface area contributed by atoms with Crippen LogP contribution in [0.15, 0.2) is 88.8 Å². The summed E-state index contributed by atoms with van der Waals surface area (Å²) < 4.78 is 0. The monoisotopic (exact) mass is 404 g/mol. The third-order valence-corrected chi connectivity index (χ3v) is 5.66. The molecule has 138 valence electrons. The Morgan fingerprint density at radius 2 is 1.64 bits per heavy atom. The molecule has 0 bridgehead atoms. The van der Waals surface area contributed by atoms with Crippen molar-refractivity contribution >= 4 is 46.2 Å². The van der Waals surface area contributed by atoms with Gasteiger partial charge < -0.3 is 0 Å². The number of amides is 1. The van der Waals surface area contributed by atoms with Crippen molar-refractivity contribution in [2.24, 2.45) is 4.99 Å². The van der Waals surface area contributed by atoms with Crippen molar-refractivity contribution in [3.8, 4) is 11.1 Å². The van der Waals surface area contributed by atoms with Crippen LogP contribution in [-0.4, -0.2) is 23.0 Å². The SMILES string of the molecule is CN1C(=O)/C(=C/c2cccc(-c3ccccc3)c2)SC1=Nc1ccc(Cl)cc1. The summed E-state index contributed by atoms with van der Waals surface area (Å²) in [5.74, 6) is -0.0529. The number of nitrogens with zero attached hydrogens (tertiary/aromatic N) is 2. The third kappa shape index (κ3) is 4.03. The van der Waals surface area contributed by atoms with Crippen LogP contribution in [0.2, 0.25) is 5.02 Å². The number of amidine groups is 1. The fraction of sp³-hybridized carbons (Fsp3) is 0.0435. The lowest BCUT2D eigenvalue weighted by molar-refractivity contribution is -0.121. The molecule has 0 atom stereocenters. The highest BCUT2D eigenvalue weighted by atomic mass is 35.5. The number of likely N-dealkylation sites (N-methyl/N-ethyl adjacent to an activating group) is 1. The Kier molecular flexibility index (Phi) is 5.33. The van der Waals surface area contributed by atoms with E-state index in [0.717, 1.165) is 22.4 Å². The standard InChI is InChI=1S/C23H17ClN2OS/c1-26-22(27)21(28-23(26)25-20-12-10-19(24)11-13-20)15-16-6-5-9-18(14-16)17-7-3-2-4-8-17/h2-15H,1H3/b21-15-,25-23?. The predicted molar refractivity (Wildman–Crippen MR) is 119 cm³/mol. The molecule has 0 spiro atoms. The minimum absolute atomic E-state index is 0.0529. The molecule has 0 radical (unpaired) electrons. The van der Waals surface area contributed by atoms with Gasteiger partial charge in [0.15, 0.2) is 5.17 Å². The van der Waals surface area contributed by atoms with Crippen LogP contribution in [0.5, 0.6) is 0 Å². The molecule has 3 aromatic rings. The summed E-state index contributed by atoms with van der Waals surface area (Å²) in [6.45, 7) is 0. The van der Waals surface area contributed by atoms with Crippen LogP contribution in [0.4, 0.5) is 5.69 Å². The van der Waals surface area contributed by atoms with Gasteiger partial charge in [-0.3, -0.25) is 9.69 Å². The van der Waals surface area contributed by atoms with Gasteiger partial charge in [0.1, 0.15) is 0 Å². The number of aliphatic imine (C=N–C) groups is 1. The maximum absolute atomic E-state index is 12.7. The Labute approximate surface area is 173 Å². The Bertz CT molecular complexity index is 1080. The molecule has 0 N–H and O–H groups in total. The molecule has 0 aromatic heterocycles. The lowest BCUT2D eigenvalue weighted by Crippen LogP contribution is -2.23. The first kappa shape index (κ1) is 18.5. The number of carbonyl (C=O) groups is 1. The lowest BCUT2D eigenvalue weighted by atomic mass is 10.0. The second kappa shape index (κ2) is 8.05. The van der Waals surface area contributed by atoms with E-state index in [1.807, 2.05) is 48.5 Å². The Morgan fingerprint density at radius 1 is 0.929 bits per heavy atom. The molecule has 1 aliphatic rings. The van der Waals surface area contributed by atoms with Gasteiger partial charge >= 0.3 is 0 Å². The zero-order valence-corrected chi connectivity index (χ0v) is 16.7. The van der Waals surface area contributed by atoms with Gasteiger partial charge in [0.2, 0.25) is 0 Å². The van der Waals surface area contributed by atoms with Crippen LogP contribution in [-0.2, 0) is 4.79 Å². The highest BCUT2D eigenvalue weighted by Gasteiger charge is 2.30. The average molecular weight is 405 g/mol. The van der Waals surface area contributed by atoms with Gasteiger partial charge in [-0.25, -0.2) is 4.99 Å². The molecule has 3 nitrogen and oxygen atoms in total. The summed E-state index contributed by atoms with van der Waals surface area (Å²) in [5.41, 5.74) is 4.02. The summed E-state index contributed by atoms with van der Waals surface area (Å²) in [7, 11) is 1.74. The first-order chi connectivity index (χ1) is 13.6. The number of hydrogen-bond acceptors (Lipinski definition) is 3. The fourth-order valence-corrected chi connectivity index (χ4v) is 3.98. The maximum atomic E-state index is 12.7. The number of rotatable bonds is 3. The lowest BCUT2D eigenvalue weighted by Gasteiger charge is -2.07. The average Bonchev–Trinajstić information content (AvgIpc) is 2.98. The second-order valence-electron chi connectivity index (χ2n) is 6.34. The summed E-state index contributed by atoms with van der Waals surface area (Å²) >= 11 is 7.30. The minimum Gasteiger partial charge on any atom is -0.290 e. The molecule has 0 unspecified atom stereocenters. The van der Waals surface area contributed by atoms with Crippen LogP contribution < -0.4 is 0 Å².